The molecule has 1 unspecified atom stereocenters. The van der Waals surface area contributed by atoms with Gasteiger partial charge in [-0.15, -0.1) is 10.2 Å². The van der Waals surface area contributed by atoms with Gasteiger partial charge in [0.25, 0.3) is 0 Å². The molecule has 25 heavy (non-hydrogen) atoms. The summed E-state index contributed by atoms with van der Waals surface area (Å²) in [6, 6.07) is -4.69. The van der Waals surface area contributed by atoms with Crippen LogP contribution < -0.4 is 22.1 Å². The minimum absolute atomic E-state index is 0.125. The van der Waals surface area contributed by atoms with Crippen molar-refractivity contribution in [3.63, 3.8) is 0 Å². The Bertz CT molecular complexity index is 619. The van der Waals surface area contributed by atoms with E-state index in [4.69, 9.17) is 26.1 Å². The van der Waals surface area contributed by atoms with E-state index >= 15 is 0 Å². The molecule has 1 heterocycles. The Kier molecular flexibility index (Phi) is 7.22. The molecule has 0 bridgehead atoms. The van der Waals surface area contributed by atoms with Gasteiger partial charge in [-0.3, -0.25) is 4.79 Å². The molecule has 4 atom stereocenters. The maximum absolute atomic E-state index is 11.8. The number of carboxylic acid groups (broad SMARTS) is 1. The van der Waals surface area contributed by atoms with Crippen LogP contribution in [0.3, 0.4) is 0 Å². The van der Waals surface area contributed by atoms with E-state index < -0.39 is 55.2 Å². The zero-order chi connectivity index (χ0) is 19.1. The van der Waals surface area contributed by atoms with Gasteiger partial charge in [-0.05, 0) is 6.92 Å². The van der Waals surface area contributed by atoms with Gasteiger partial charge in [0.05, 0.1) is 19.1 Å². The van der Waals surface area contributed by atoms with Crippen LogP contribution >= 0.6 is 0 Å². The maximum Gasteiger partial charge on any atom is 0.328 e. The SMILES string of the molecule is C[C@@H](O)C(N)c1nnc([C@@H](CC(N)=O)NC(=O)N[C@H](CO)C(=O)O)o1. The normalized spacial score (nSPS) is 15.7. The molecule has 0 spiro atoms. The van der Waals surface area contributed by atoms with Gasteiger partial charge in [0.15, 0.2) is 6.04 Å². The standard InChI is InChI=1S/C12H20N6O7/c1-4(20)8(14)10-18-17-9(25-10)5(2-7(13)21)15-12(24)16-6(3-19)11(22)23/h4-6,8,19-20H,2-3,14H2,1H3,(H2,13,21)(H,22,23)(H2,15,16,24)/t4-,5-,6-,8?/m1/s1. The molecule has 13 heteroatoms. The van der Waals surface area contributed by atoms with E-state index in [0.29, 0.717) is 0 Å². The number of hydrogen-bond donors (Lipinski definition) is 7. The largest absolute Gasteiger partial charge is 0.480 e. The van der Waals surface area contributed by atoms with E-state index in [2.05, 4.69) is 15.5 Å². The first-order chi connectivity index (χ1) is 11.6. The summed E-state index contributed by atoms with van der Waals surface area (Å²) in [4.78, 5) is 33.8. The zero-order valence-corrected chi connectivity index (χ0v) is 13.2. The van der Waals surface area contributed by atoms with Crippen LogP contribution in [0.25, 0.3) is 0 Å². The van der Waals surface area contributed by atoms with Crippen molar-refractivity contribution in [2.45, 2.75) is 37.6 Å². The highest BCUT2D eigenvalue weighted by Gasteiger charge is 2.27. The number of aliphatic hydroxyl groups is 2. The number of hydrogen-bond acceptors (Lipinski definition) is 9. The summed E-state index contributed by atoms with van der Waals surface area (Å²) in [6.45, 7) is 0.569. The second-order valence-electron chi connectivity index (χ2n) is 5.16. The van der Waals surface area contributed by atoms with Crippen LogP contribution in [-0.4, -0.2) is 62.2 Å². The Hall–Kier alpha value is -2.77. The van der Waals surface area contributed by atoms with Crippen LogP contribution in [0.4, 0.5) is 4.79 Å². The highest BCUT2D eigenvalue weighted by atomic mass is 16.4. The fourth-order valence-electron chi connectivity index (χ4n) is 1.67. The van der Waals surface area contributed by atoms with Crippen molar-refractivity contribution in [2.75, 3.05) is 6.61 Å². The summed E-state index contributed by atoms with van der Waals surface area (Å²) in [7, 11) is 0. The first-order valence-electron chi connectivity index (χ1n) is 7.11. The molecule has 1 rings (SSSR count). The molecule has 0 aliphatic carbocycles. The molecule has 9 N–H and O–H groups in total. The molecule has 0 aromatic carbocycles. The first kappa shape index (κ1) is 20.3. The minimum atomic E-state index is -1.55. The third kappa shape index (κ3) is 5.98. The molecule has 0 saturated heterocycles. The Morgan fingerprint density at radius 2 is 1.84 bits per heavy atom. The molecule has 1 aromatic heterocycles. The summed E-state index contributed by atoms with van der Waals surface area (Å²) < 4.78 is 5.23. The summed E-state index contributed by atoms with van der Waals surface area (Å²) in [5.41, 5.74) is 10.7. The lowest BCUT2D eigenvalue weighted by atomic mass is 10.2. The smallest absolute Gasteiger partial charge is 0.328 e. The average Bonchev–Trinajstić information content (AvgIpc) is 3.00. The number of nitrogens with one attached hydrogen (secondary N) is 2. The van der Waals surface area contributed by atoms with Crippen molar-refractivity contribution >= 4 is 17.9 Å². The predicted octanol–water partition coefficient (Wildman–Crippen LogP) is -2.89. The summed E-state index contributed by atoms with van der Waals surface area (Å²) in [5, 5.41) is 38.5. The van der Waals surface area contributed by atoms with Crippen molar-refractivity contribution in [1.29, 1.82) is 0 Å². The molecule has 13 nitrogen and oxygen atoms in total. The van der Waals surface area contributed by atoms with Crippen LogP contribution in [0.5, 0.6) is 0 Å². The lowest BCUT2D eigenvalue weighted by Gasteiger charge is -2.17. The quantitative estimate of drug-likeness (QED) is 0.238. The van der Waals surface area contributed by atoms with E-state index in [1.165, 1.54) is 6.92 Å². The molecule has 0 saturated carbocycles. The Morgan fingerprint density at radius 3 is 2.32 bits per heavy atom. The fraction of sp³-hybridized carbons (Fsp3) is 0.583. The van der Waals surface area contributed by atoms with Gasteiger partial charge in [0.1, 0.15) is 12.1 Å². The predicted molar refractivity (Wildman–Crippen MR) is 79.6 cm³/mol. The van der Waals surface area contributed by atoms with Gasteiger partial charge in [-0.2, -0.15) is 0 Å². The van der Waals surface area contributed by atoms with Crippen molar-refractivity contribution in [3.8, 4) is 0 Å². The number of urea groups is 1. The van der Waals surface area contributed by atoms with Crippen LogP contribution in [0, 0.1) is 0 Å². The molecular weight excluding hydrogens is 340 g/mol. The van der Waals surface area contributed by atoms with E-state index in [1.807, 2.05) is 5.32 Å². The van der Waals surface area contributed by atoms with Crippen LogP contribution in [-0.2, 0) is 9.59 Å². The minimum Gasteiger partial charge on any atom is -0.480 e. The number of carbonyl (C=O) groups is 3. The Balaban J connectivity index is 2.89. The van der Waals surface area contributed by atoms with Crippen molar-refractivity contribution in [2.24, 2.45) is 11.5 Å². The number of amides is 3. The average molecular weight is 360 g/mol. The molecular formula is C12H20N6O7. The topological polar surface area (TPSA) is 227 Å². The van der Waals surface area contributed by atoms with Crippen LogP contribution in [0.15, 0.2) is 4.42 Å². The van der Waals surface area contributed by atoms with Crippen molar-refractivity contribution in [1.82, 2.24) is 20.8 Å². The summed E-state index contributed by atoms with van der Waals surface area (Å²) in [6.07, 6.45) is -1.41. The second-order valence-corrected chi connectivity index (χ2v) is 5.16. The van der Waals surface area contributed by atoms with E-state index in [1.54, 1.807) is 0 Å². The van der Waals surface area contributed by atoms with Crippen molar-refractivity contribution in [3.05, 3.63) is 11.8 Å². The van der Waals surface area contributed by atoms with Gasteiger partial charge in [-0.1, -0.05) is 0 Å². The Labute approximate surface area is 141 Å². The van der Waals surface area contributed by atoms with Gasteiger partial charge in [-0.25, -0.2) is 9.59 Å². The maximum atomic E-state index is 11.8. The molecule has 1 aromatic rings. The van der Waals surface area contributed by atoms with Crippen LogP contribution in [0.1, 0.15) is 37.2 Å². The third-order valence-corrected chi connectivity index (χ3v) is 3.06. The van der Waals surface area contributed by atoms with E-state index in [9.17, 15) is 19.5 Å². The number of aliphatic hydroxyl groups excluding tert-OH is 2. The molecule has 0 radical (unpaired) electrons. The van der Waals surface area contributed by atoms with E-state index in [-0.39, 0.29) is 11.8 Å². The number of nitrogens with two attached hydrogens (primary N) is 2. The van der Waals surface area contributed by atoms with Gasteiger partial charge < -0.3 is 41.8 Å². The number of carbonyl (C=O) groups excluding carboxylic acids is 2. The van der Waals surface area contributed by atoms with Crippen LogP contribution in [0.2, 0.25) is 0 Å². The molecule has 0 fully saturated rings. The summed E-state index contributed by atoms with van der Waals surface area (Å²) >= 11 is 0. The second kappa shape index (κ2) is 8.91. The third-order valence-electron chi connectivity index (χ3n) is 3.06. The number of primary amides is 1. The fourth-order valence-corrected chi connectivity index (χ4v) is 1.67. The number of aromatic nitrogens is 2. The van der Waals surface area contributed by atoms with Gasteiger partial charge >= 0.3 is 12.0 Å². The lowest BCUT2D eigenvalue weighted by Crippen LogP contribution is -2.49. The first-order valence-corrected chi connectivity index (χ1v) is 7.11. The number of carboxylic acids is 1. The molecule has 0 aliphatic rings. The lowest BCUT2D eigenvalue weighted by molar-refractivity contribution is -0.140. The monoisotopic (exact) mass is 360 g/mol. The van der Waals surface area contributed by atoms with E-state index in [0.717, 1.165) is 0 Å². The van der Waals surface area contributed by atoms with Gasteiger partial charge in [0.2, 0.25) is 17.7 Å². The van der Waals surface area contributed by atoms with Crippen molar-refractivity contribution < 1.29 is 34.1 Å². The number of aliphatic carboxylic acids is 1. The molecule has 3 amide bonds. The molecule has 140 valence electrons. The highest BCUT2D eigenvalue weighted by molar-refractivity contribution is 5.83. The van der Waals surface area contributed by atoms with Gasteiger partial charge in [0, 0.05) is 0 Å². The Morgan fingerprint density at radius 1 is 1.24 bits per heavy atom. The number of rotatable bonds is 9. The summed E-state index contributed by atoms with van der Waals surface area (Å²) in [5.74, 6) is -2.59. The number of nitrogens with zero attached hydrogens (tertiary/aromatic N) is 2. The molecule has 0 aliphatic heterocycles. The highest BCUT2D eigenvalue weighted by Crippen LogP contribution is 2.19. The zero-order valence-electron chi connectivity index (χ0n) is 13.2.